The molecular weight excluding hydrogens is 202 g/mol. The van der Waals surface area contributed by atoms with Crippen LogP contribution in [0.2, 0.25) is 0 Å². The zero-order chi connectivity index (χ0) is 10.8. The van der Waals surface area contributed by atoms with Crippen molar-refractivity contribution in [1.29, 1.82) is 0 Å². The maximum atomic E-state index is 5.93. The molecule has 0 atom stereocenters. The van der Waals surface area contributed by atoms with E-state index in [2.05, 4.69) is 31.7 Å². The lowest BCUT2D eigenvalue weighted by Gasteiger charge is -2.08. The number of nitrogen functional groups attached to an aromatic ring is 1. The fraction of sp³-hybridized carbons (Fsp3) is 0.0769. The molecule has 2 aromatic carbocycles. The fourth-order valence-corrected chi connectivity index (χ4v) is 2.01. The molecule has 0 amide bonds. The third kappa shape index (κ3) is 2.00. The van der Waals surface area contributed by atoms with Crippen LogP contribution >= 0.6 is 12.6 Å². The van der Waals surface area contributed by atoms with E-state index in [0.717, 1.165) is 21.7 Å². The van der Waals surface area contributed by atoms with E-state index in [1.54, 1.807) is 0 Å². The summed E-state index contributed by atoms with van der Waals surface area (Å²) in [6.07, 6.45) is 0. The standard InChI is InChI=1S/C13H13NS/c1-9-6-7-11(13(15)8-9)10-4-2-3-5-12(10)14/h2-8,15H,14H2,1H3. The van der Waals surface area contributed by atoms with Crippen molar-refractivity contribution < 1.29 is 0 Å². The van der Waals surface area contributed by atoms with Crippen molar-refractivity contribution >= 4 is 18.3 Å². The van der Waals surface area contributed by atoms with Crippen LogP contribution in [0.4, 0.5) is 5.69 Å². The summed E-state index contributed by atoms with van der Waals surface area (Å²) in [6.45, 7) is 2.05. The smallest absolute Gasteiger partial charge is 0.0394 e. The molecule has 15 heavy (non-hydrogen) atoms. The molecule has 0 aliphatic carbocycles. The number of hydrogen-bond acceptors (Lipinski definition) is 2. The summed E-state index contributed by atoms with van der Waals surface area (Å²) in [5.74, 6) is 0. The van der Waals surface area contributed by atoms with Crippen LogP contribution in [0.3, 0.4) is 0 Å². The molecule has 2 aromatic rings. The molecule has 76 valence electrons. The lowest BCUT2D eigenvalue weighted by Crippen LogP contribution is -1.90. The molecule has 0 heterocycles. The normalized spacial score (nSPS) is 10.3. The summed E-state index contributed by atoms with van der Waals surface area (Å²) in [5, 5.41) is 0. The second kappa shape index (κ2) is 3.99. The molecule has 0 saturated heterocycles. The Morgan fingerprint density at radius 3 is 2.40 bits per heavy atom. The fourth-order valence-electron chi connectivity index (χ4n) is 1.61. The van der Waals surface area contributed by atoms with E-state index in [1.165, 1.54) is 5.56 Å². The number of rotatable bonds is 1. The molecule has 2 heteroatoms. The predicted octanol–water partition coefficient (Wildman–Crippen LogP) is 3.53. The Balaban J connectivity index is 2.60. The Bertz CT molecular complexity index is 492. The van der Waals surface area contributed by atoms with Gasteiger partial charge < -0.3 is 5.73 Å². The van der Waals surface area contributed by atoms with E-state index < -0.39 is 0 Å². The molecule has 0 aromatic heterocycles. The van der Waals surface area contributed by atoms with Gasteiger partial charge in [0.05, 0.1) is 0 Å². The van der Waals surface area contributed by atoms with E-state index >= 15 is 0 Å². The monoisotopic (exact) mass is 215 g/mol. The van der Waals surface area contributed by atoms with Crippen molar-refractivity contribution in [2.75, 3.05) is 5.73 Å². The van der Waals surface area contributed by atoms with Crippen LogP contribution in [-0.2, 0) is 0 Å². The quantitative estimate of drug-likeness (QED) is 0.552. The van der Waals surface area contributed by atoms with Gasteiger partial charge in [-0.3, -0.25) is 0 Å². The number of benzene rings is 2. The predicted molar refractivity (Wildman–Crippen MR) is 68.3 cm³/mol. The average Bonchev–Trinajstić information content (AvgIpc) is 2.20. The van der Waals surface area contributed by atoms with Crippen molar-refractivity contribution in [1.82, 2.24) is 0 Å². The number of anilines is 1. The van der Waals surface area contributed by atoms with Gasteiger partial charge in [-0.1, -0.05) is 30.3 Å². The maximum Gasteiger partial charge on any atom is 0.0394 e. The summed E-state index contributed by atoms with van der Waals surface area (Å²) < 4.78 is 0. The molecule has 0 unspecified atom stereocenters. The number of nitrogens with two attached hydrogens (primary N) is 1. The van der Waals surface area contributed by atoms with Gasteiger partial charge in [0.2, 0.25) is 0 Å². The second-order valence-corrected chi connectivity index (χ2v) is 4.09. The van der Waals surface area contributed by atoms with Gasteiger partial charge in [-0.25, -0.2) is 0 Å². The lowest BCUT2D eigenvalue weighted by molar-refractivity contribution is 1.37. The van der Waals surface area contributed by atoms with Gasteiger partial charge in [0.1, 0.15) is 0 Å². The zero-order valence-corrected chi connectivity index (χ0v) is 9.46. The van der Waals surface area contributed by atoms with Gasteiger partial charge >= 0.3 is 0 Å². The van der Waals surface area contributed by atoms with Crippen LogP contribution in [0.25, 0.3) is 11.1 Å². The first-order chi connectivity index (χ1) is 7.18. The van der Waals surface area contributed by atoms with Gasteiger partial charge in [0.25, 0.3) is 0 Å². The largest absolute Gasteiger partial charge is 0.398 e. The zero-order valence-electron chi connectivity index (χ0n) is 8.57. The van der Waals surface area contributed by atoms with E-state index in [9.17, 15) is 0 Å². The van der Waals surface area contributed by atoms with Crippen LogP contribution < -0.4 is 5.73 Å². The van der Waals surface area contributed by atoms with E-state index in [-0.39, 0.29) is 0 Å². The first kappa shape index (κ1) is 10.1. The minimum atomic E-state index is 0.789. The topological polar surface area (TPSA) is 26.0 Å². The van der Waals surface area contributed by atoms with Crippen LogP contribution in [-0.4, -0.2) is 0 Å². The van der Waals surface area contributed by atoms with Crippen molar-refractivity contribution in [3.05, 3.63) is 48.0 Å². The van der Waals surface area contributed by atoms with Crippen molar-refractivity contribution in [3.8, 4) is 11.1 Å². The Labute approximate surface area is 95.3 Å². The Kier molecular flexibility index (Phi) is 2.69. The molecule has 2 rings (SSSR count). The SMILES string of the molecule is Cc1ccc(-c2ccccc2N)c(S)c1. The van der Waals surface area contributed by atoms with Crippen LogP contribution in [0, 0.1) is 6.92 Å². The average molecular weight is 215 g/mol. The van der Waals surface area contributed by atoms with Crippen LogP contribution in [0.1, 0.15) is 5.56 Å². The minimum Gasteiger partial charge on any atom is -0.398 e. The van der Waals surface area contributed by atoms with Crippen LogP contribution in [0.15, 0.2) is 47.4 Å². The highest BCUT2D eigenvalue weighted by atomic mass is 32.1. The minimum absolute atomic E-state index is 0.789. The number of aryl methyl sites for hydroxylation is 1. The molecule has 2 N–H and O–H groups in total. The third-order valence-corrected chi connectivity index (χ3v) is 2.77. The van der Waals surface area contributed by atoms with Crippen LogP contribution in [0.5, 0.6) is 0 Å². The molecular formula is C13H13NS. The highest BCUT2D eigenvalue weighted by Gasteiger charge is 2.04. The first-order valence-corrected chi connectivity index (χ1v) is 5.27. The summed E-state index contributed by atoms with van der Waals surface area (Å²) in [6, 6.07) is 14.0. The Morgan fingerprint density at radius 2 is 1.73 bits per heavy atom. The van der Waals surface area contributed by atoms with E-state index in [4.69, 9.17) is 5.73 Å². The Morgan fingerprint density at radius 1 is 1.00 bits per heavy atom. The number of hydrogen-bond donors (Lipinski definition) is 2. The van der Waals surface area contributed by atoms with Gasteiger partial charge in [0.15, 0.2) is 0 Å². The summed E-state index contributed by atoms with van der Waals surface area (Å²) in [4.78, 5) is 0.966. The summed E-state index contributed by atoms with van der Waals surface area (Å²) in [7, 11) is 0. The molecule has 0 bridgehead atoms. The van der Waals surface area contributed by atoms with Crippen molar-refractivity contribution in [3.63, 3.8) is 0 Å². The van der Waals surface area contributed by atoms with Crippen molar-refractivity contribution in [2.45, 2.75) is 11.8 Å². The number of thiol groups is 1. The van der Waals surface area contributed by atoms with Gasteiger partial charge in [-0.15, -0.1) is 12.6 Å². The van der Waals surface area contributed by atoms with Gasteiger partial charge in [-0.05, 0) is 30.2 Å². The summed E-state index contributed by atoms with van der Waals surface area (Å²) in [5.41, 5.74) is 10.1. The third-order valence-electron chi connectivity index (χ3n) is 2.40. The Hall–Kier alpha value is -1.41. The summed E-state index contributed by atoms with van der Waals surface area (Å²) >= 11 is 4.47. The maximum absolute atomic E-state index is 5.93. The molecule has 0 aliphatic heterocycles. The molecule has 0 fully saturated rings. The lowest BCUT2D eigenvalue weighted by atomic mass is 10.0. The number of para-hydroxylation sites is 1. The van der Waals surface area contributed by atoms with E-state index in [1.807, 2.05) is 30.3 Å². The molecule has 0 saturated carbocycles. The van der Waals surface area contributed by atoms with Crippen molar-refractivity contribution in [2.24, 2.45) is 0 Å². The highest BCUT2D eigenvalue weighted by molar-refractivity contribution is 7.80. The van der Waals surface area contributed by atoms with Gasteiger partial charge in [-0.2, -0.15) is 0 Å². The van der Waals surface area contributed by atoms with Gasteiger partial charge in [0, 0.05) is 16.1 Å². The molecule has 0 spiro atoms. The highest BCUT2D eigenvalue weighted by Crippen LogP contribution is 2.31. The second-order valence-electron chi connectivity index (χ2n) is 3.61. The molecule has 1 nitrogen and oxygen atoms in total. The first-order valence-electron chi connectivity index (χ1n) is 4.83. The molecule has 0 radical (unpaired) electrons. The molecule has 0 aliphatic rings. The van der Waals surface area contributed by atoms with E-state index in [0.29, 0.717) is 0 Å².